The summed E-state index contributed by atoms with van der Waals surface area (Å²) in [6.45, 7) is 0. The molecule has 0 bridgehead atoms. The van der Waals surface area contributed by atoms with E-state index >= 15 is 0 Å². The number of hydrogen-bond acceptors (Lipinski definition) is 3. The number of benzene rings is 4. The Hall–Kier alpha value is -3.09. The first-order valence-corrected chi connectivity index (χ1v) is 11.1. The minimum Gasteiger partial charge on any atom is -0.322 e. The molecule has 0 atom stereocenters. The maximum Gasteiger partial charge on any atom is 0.258 e. The molecule has 0 heterocycles. The van der Waals surface area contributed by atoms with Crippen molar-refractivity contribution in [3.63, 3.8) is 0 Å². The fourth-order valence-corrected chi connectivity index (χ4v) is 4.84. The van der Waals surface area contributed by atoms with Crippen molar-refractivity contribution in [2.75, 3.05) is 5.32 Å². The van der Waals surface area contributed by atoms with E-state index in [1.165, 1.54) is 12.1 Å². The normalized spacial score (nSPS) is 10.6. The van der Waals surface area contributed by atoms with Crippen molar-refractivity contribution in [1.82, 2.24) is 0 Å². The van der Waals surface area contributed by atoms with Crippen LogP contribution in [0.15, 0.2) is 117 Å². The summed E-state index contributed by atoms with van der Waals surface area (Å²) >= 11 is 3.11. The van der Waals surface area contributed by atoms with E-state index < -0.39 is 17.5 Å². The van der Waals surface area contributed by atoms with Gasteiger partial charge >= 0.3 is 0 Å². The van der Waals surface area contributed by atoms with Crippen molar-refractivity contribution >= 4 is 35.1 Å². The summed E-state index contributed by atoms with van der Waals surface area (Å²) in [5.74, 6) is -2.91. The van der Waals surface area contributed by atoms with Crippen LogP contribution in [0.4, 0.5) is 14.5 Å². The molecular weight excluding hydrogens is 432 g/mol. The van der Waals surface area contributed by atoms with Gasteiger partial charge in [0.05, 0.1) is 5.56 Å². The van der Waals surface area contributed by atoms with Crippen molar-refractivity contribution in [2.45, 2.75) is 19.6 Å². The van der Waals surface area contributed by atoms with Gasteiger partial charge in [-0.3, -0.25) is 4.79 Å². The molecule has 0 fully saturated rings. The van der Waals surface area contributed by atoms with Gasteiger partial charge in [-0.2, -0.15) is 0 Å². The van der Waals surface area contributed by atoms with Crippen LogP contribution in [0.1, 0.15) is 10.4 Å². The maximum absolute atomic E-state index is 14.0. The summed E-state index contributed by atoms with van der Waals surface area (Å²) in [6.07, 6.45) is 0. The molecule has 6 heteroatoms. The fourth-order valence-electron chi connectivity index (χ4n) is 2.89. The van der Waals surface area contributed by atoms with Crippen LogP contribution < -0.4 is 5.32 Å². The summed E-state index contributed by atoms with van der Waals surface area (Å²) in [6, 6.07) is 29.0. The van der Waals surface area contributed by atoms with Crippen molar-refractivity contribution < 1.29 is 13.6 Å². The Morgan fingerprint density at radius 2 is 1.19 bits per heavy atom. The first-order valence-electron chi connectivity index (χ1n) is 9.45. The molecule has 0 unspecified atom stereocenters. The highest BCUT2D eigenvalue weighted by Crippen LogP contribution is 2.36. The Bertz CT molecular complexity index is 1140. The predicted molar refractivity (Wildman–Crippen MR) is 122 cm³/mol. The van der Waals surface area contributed by atoms with E-state index in [0.29, 0.717) is 5.69 Å². The van der Waals surface area contributed by atoms with E-state index in [4.69, 9.17) is 0 Å². The van der Waals surface area contributed by atoms with Crippen molar-refractivity contribution in [2.24, 2.45) is 0 Å². The lowest BCUT2D eigenvalue weighted by Gasteiger charge is -2.12. The number of anilines is 1. The molecule has 4 aromatic rings. The Morgan fingerprint density at radius 3 is 1.74 bits per heavy atom. The summed E-state index contributed by atoms with van der Waals surface area (Å²) in [5, 5.41) is 2.71. The van der Waals surface area contributed by atoms with Crippen LogP contribution in [-0.4, -0.2) is 5.91 Å². The van der Waals surface area contributed by atoms with Crippen molar-refractivity contribution in [3.05, 3.63) is 114 Å². The van der Waals surface area contributed by atoms with Crippen LogP contribution in [0.2, 0.25) is 0 Å². The van der Waals surface area contributed by atoms with E-state index in [1.54, 1.807) is 23.5 Å². The summed E-state index contributed by atoms with van der Waals surface area (Å²) < 4.78 is 27.6. The van der Waals surface area contributed by atoms with Gasteiger partial charge in [0.1, 0.15) is 0 Å². The Balaban J connectivity index is 1.65. The van der Waals surface area contributed by atoms with Gasteiger partial charge in [-0.15, -0.1) is 0 Å². The van der Waals surface area contributed by atoms with E-state index in [9.17, 15) is 13.6 Å². The predicted octanol–water partition coefficient (Wildman–Crippen LogP) is 7.52. The second-order valence-electron chi connectivity index (χ2n) is 6.58. The van der Waals surface area contributed by atoms with E-state index in [2.05, 4.69) is 5.32 Å². The maximum atomic E-state index is 14.0. The third kappa shape index (κ3) is 5.54. The molecule has 0 aromatic heterocycles. The van der Waals surface area contributed by atoms with Gasteiger partial charge in [-0.05, 0) is 54.6 Å². The monoisotopic (exact) mass is 449 g/mol. The number of rotatable bonds is 6. The Morgan fingerprint density at radius 1 is 0.645 bits per heavy atom. The second kappa shape index (κ2) is 9.81. The minimum absolute atomic E-state index is 0.335. The lowest BCUT2D eigenvalue weighted by atomic mass is 10.2. The molecule has 31 heavy (non-hydrogen) atoms. The average molecular weight is 450 g/mol. The highest BCUT2D eigenvalue weighted by Gasteiger charge is 2.16. The van der Waals surface area contributed by atoms with Gasteiger partial charge in [-0.25, -0.2) is 8.78 Å². The molecule has 0 aliphatic carbocycles. The van der Waals surface area contributed by atoms with E-state index in [0.717, 1.165) is 25.6 Å². The quantitative estimate of drug-likeness (QED) is 0.330. The van der Waals surface area contributed by atoms with Crippen LogP contribution >= 0.6 is 23.5 Å². The number of carbonyl (C=O) groups excluding carboxylic acids is 1. The summed E-state index contributed by atoms with van der Waals surface area (Å²) in [4.78, 5) is 16.5. The smallest absolute Gasteiger partial charge is 0.258 e. The largest absolute Gasteiger partial charge is 0.322 e. The summed E-state index contributed by atoms with van der Waals surface area (Å²) in [7, 11) is 0. The molecule has 1 amide bonds. The van der Waals surface area contributed by atoms with Crippen LogP contribution in [0.5, 0.6) is 0 Å². The second-order valence-corrected chi connectivity index (χ2v) is 8.87. The zero-order valence-electron chi connectivity index (χ0n) is 16.2. The summed E-state index contributed by atoms with van der Waals surface area (Å²) in [5.41, 5.74) is 0.173. The highest BCUT2D eigenvalue weighted by atomic mass is 32.2. The van der Waals surface area contributed by atoms with Gasteiger partial charge in [-0.1, -0.05) is 66.0 Å². The van der Waals surface area contributed by atoms with Crippen LogP contribution in [0, 0.1) is 11.6 Å². The zero-order chi connectivity index (χ0) is 21.6. The van der Waals surface area contributed by atoms with Gasteiger partial charge < -0.3 is 5.32 Å². The molecule has 0 spiro atoms. The molecule has 0 saturated heterocycles. The average Bonchev–Trinajstić information content (AvgIpc) is 2.77. The molecule has 0 aliphatic rings. The van der Waals surface area contributed by atoms with Gasteiger partial charge in [0.25, 0.3) is 5.91 Å². The standard InChI is InChI=1S/C25H17F2NOS2/c26-23-13-7-12-22(24(23)27)25(29)28-17-14-20(30-18-8-3-1-4-9-18)16-21(15-17)31-19-10-5-2-6-11-19/h1-16H,(H,28,29). The zero-order valence-corrected chi connectivity index (χ0v) is 17.9. The molecule has 2 nitrogen and oxygen atoms in total. The van der Waals surface area contributed by atoms with Crippen LogP contribution in [0.25, 0.3) is 0 Å². The number of hydrogen-bond donors (Lipinski definition) is 1. The third-order valence-electron chi connectivity index (χ3n) is 4.29. The van der Waals surface area contributed by atoms with Crippen molar-refractivity contribution in [3.8, 4) is 0 Å². The molecule has 0 radical (unpaired) electrons. The highest BCUT2D eigenvalue weighted by molar-refractivity contribution is 8.00. The van der Waals surface area contributed by atoms with E-state index in [-0.39, 0.29) is 5.56 Å². The molecule has 4 rings (SSSR count). The Labute approximate surface area is 187 Å². The van der Waals surface area contributed by atoms with E-state index in [1.807, 2.05) is 78.9 Å². The molecule has 1 N–H and O–H groups in total. The SMILES string of the molecule is O=C(Nc1cc(Sc2ccccc2)cc(Sc2ccccc2)c1)c1cccc(F)c1F. The van der Waals surface area contributed by atoms with Crippen LogP contribution in [-0.2, 0) is 0 Å². The van der Waals surface area contributed by atoms with Crippen LogP contribution in [0.3, 0.4) is 0 Å². The molecule has 4 aromatic carbocycles. The number of carbonyl (C=O) groups is 1. The third-order valence-corrected chi connectivity index (χ3v) is 6.25. The Kier molecular flexibility index (Phi) is 6.70. The first-order chi connectivity index (χ1) is 15.1. The van der Waals surface area contributed by atoms with Gasteiger partial charge in [0.2, 0.25) is 0 Å². The molecule has 0 aliphatic heterocycles. The lowest BCUT2D eigenvalue weighted by molar-refractivity contribution is 0.102. The number of nitrogens with one attached hydrogen (secondary N) is 1. The topological polar surface area (TPSA) is 29.1 Å². The first kappa shape index (κ1) is 21.2. The molecular formula is C25H17F2NOS2. The lowest BCUT2D eigenvalue weighted by Crippen LogP contribution is -2.14. The van der Waals surface area contributed by atoms with Crippen molar-refractivity contribution in [1.29, 1.82) is 0 Å². The number of amides is 1. The number of halogens is 2. The fraction of sp³-hybridized carbons (Fsp3) is 0. The van der Waals surface area contributed by atoms with Gasteiger partial charge in [0, 0.05) is 25.3 Å². The molecule has 0 saturated carbocycles. The van der Waals surface area contributed by atoms with Gasteiger partial charge in [0.15, 0.2) is 11.6 Å². The minimum atomic E-state index is -1.16. The molecule has 154 valence electrons.